The third-order valence-corrected chi connectivity index (χ3v) is 4.20. The molecule has 1 heterocycles. The molecule has 0 saturated heterocycles. The molecule has 1 saturated carbocycles. The molecule has 1 aromatic heterocycles. The molecule has 0 spiro atoms. The van der Waals surface area contributed by atoms with Gasteiger partial charge in [-0.3, -0.25) is 14.4 Å². The molecule has 1 fully saturated rings. The predicted molar refractivity (Wildman–Crippen MR) is 73.0 cm³/mol. The van der Waals surface area contributed by atoms with Crippen LogP contribution in [0.4, 0.5) is 0 Å². The quantitative estimate of drug-likeness (QED) is 0.883. The minimum absolute atomic E-state index is 0.123. The molecule has 2 rings (SSSR count). The number of rotatable bonds is 5. The normalized spacial score (nSPS) is 16.4. The Morgan fingerprint density at radius 2 is 2.05 bits per heavy atom. The van der Waals surface area contributed by atoms with Crippen LogP contribution >= 0.6 is 0 Å². The Hall–Kier alpha value is -1.36. The van der Waals surface area contributed by atoms with E-state index in [1.165, 1.54) is 18.4 Å². The fraction of sp³-hybridized carbons (Fsp3) is 0.714. The molecule has 0 radical (unpaired) electrons. The lowest BCUT2D eigenvalue weighted by Crippen LogP contribution is -2.37. The van der Waals surface area contributed by atoms with Gasteiger partial charge in [-0.2, -0.15) is 5.10 Å². The van der Waals surface area contributed by atoms with Gasteiger partial charge in [0.1, 0.15) is 0 Å². The first-order chi connectivity index (χ1) is 8.99. The SMILES string of the molecule is Cc1nn(C)c(C)c1CN(CC(=O)O)C1CCCC1. The summed E-state index contributed by atoms with van der Waals surface area (Å²) in [5, 5.41) is 13.5. The molecule has 5 nitrogen and oxygen atoms in total. The van der Waals surface area contributed by atoms with E-state index >= 15 is 0 Å². The van der Waals surface area contributed by atoms with E-state index in [2.05, 4.69) is 10.00 Å². The number of carboxylic acids is 1. The molecule has 1 aliphatic carbocycles. The second-order valence-electron chi connectivity index (χ2n) is 5.51. The van der Waals surface area contributed by atoms with Crippen LogP contribution in [0, 0.1) is 13.8 Å². The summed E-state index contributed by atoms with van der Waals surface area (Å²) in [6.07, 6.45) is 4.66. The molecule has 106 valence electrons. The summed E-state index contributed by atoms with van der Waals surface area (Å²) in [6.45, 7) is 4.86. The number of aliphatic carboxylic acids is 1. The fourth-order valence-corrected chi connectivity index (χ4v) is 3.01. The Balaban J connectivity index is 2.16. The van der Waals surface area contributed by atoms with Gasteiger partial charge in [-0.25, -0.2) is 0 Å². The van der Waals surface area contributed by atoms with E-state index in [1.807, 2.05) is 25.6 Å². The van der Waals surface area contributed by atoms with Gasteiger partial charge in [0.25, 0.3) is 0 Å². The lowest BCUT2D eigenvalue weighted by Gasteiger charge is -2.27. The summed E-state index contributed by atoms with van der Waals surface area (Å²) in [5.41, 5.74) is 3.31. The molecular weight excluding hydrogens is 242 g/mol. The maximum absolute atomic E-state index is 11.1. The summed E-state index contributed by atoms with van der Waals surface area (Å²) in [5.74, 6) is -0.744. The Labute approximate surface area is 114 Å². The average Bonchev–Trinajstić information content (AvgIpc) is 2.92. The van der Waals surface area contributed by atoms with Crippen molar-refractivity contribution in [1.82, 2.24) is 14.7 Å². The number of hydrogen-bond donors (Lipinski definition) is 1. The predicted octanol–water partition coefficient (Wildman–Crippen LogP) is 1.87. The number of hydrogen-bond acceptors (Lipinski definition) is 3. The molecule has 0 unspecified atom stereocenters. The standard InChI is InChI=1S/C14H23N3O2/c1-10-13(11(2)16(3)15-10)8-17(9-14(18)19)12-6-4-5-7-12/h12H,4-9H2,1-3H3,(H,18,19). The smallest absolute Gasteiger partial charge is 0.317 e. The number of carboxylic acid groups (broad SMARTS) is 1. The van der Waals surface area contributed by atoms with E-state index < -0.39 is 5.97 Å². The van der Waals surface area contributed by atoms with Gasteiger partial charge >= 0.3 is 5.97 Å². The van der Waals surface area contributed by atoms with Gasteiger partial charge in [-0.1, -0.05) is 12.8 Å². The summed E-state index contributed by atoms with van der Waals surface area (Å²) in [6, 6.07) is 0.412. The molecule has 1 aromatic rings. The maximum Gasteiger partial charge on any atom is 0.317 e. The van der Waals surface area contributed by atoms with E-state index in [0.29, 0.717) is 12.6 Å². The highest BCUT2D eigenvalue weighted by Gasteiger charge is 2.26. The lowest BCUT2D eigenvalue weighted by molar-refractivity contribution is -0.139. The highest BCUT2D eigenvalue weighted by atomic mass is 16.4. The molecule has 0 atom stereocenters. The monoisotopic (exact) mass is 265 g/mol. The molecule has 19 heavy (non-hydrogen) atoms. The van der Waals surface area contributed by atoms with Crippen LogP contribution in [0.25, 0.3) is 0 Å². The van der Waals surface area contributed by atoms with E-state index in [4.69, 9.17) is 5.11 Å². The van der Waals surface area contributed by atoms with Crippen LogP contribution in [0.5, 0.6) is 0 Å². The van der Waals surface area contributed by atoms with Crippen molar-refractivity contribution in [2.75, 3.05) is 6.54 Å². The van der Waals surface area contributed by atoms with Crippen LogP contribution < -0.4 is 0 Å². The van der Waals surface area contributed by atoms with Crippen LogP contribution in [0.1, 0.15) is 42.6 Å². The van der Waals surface area contributed by atoms with Crippen molar-refractivity contribution in [2.45, 2.75) is 52.1 Å². The van der Waals surface area contributed by atoms with E-state index in [0.717, 1.165) is 24.2 Å². The highest BCUT2D eigenvalue weighted by molar-refractivity contribution is 5.69. The number of aromatic nitrogens is 2. The van der Waals surface area contributed by atoms with Crippen LogP contribution in [-0.4, -0.2) is 38.3 Å². The van der Waals surface area contributed by atoms with Gasteiger partial charge in [0.05, 0.1) is 12.2 Å². The van der Waals surface area contributed by atoms with Crippen molar-refractivity contribution in [3.05, 3.63) is 17.0 Å². The summed E-state index contributed by atoms with van der Waals surface area (Å²) in [7, 11) is 1.93. The Morgan fingerprint density at radius 1 is 1.42 bits per heavy atom. The van der Waals surface area contributed by atoms with Crippen LogP contribution in [0.3, 0.4) is 0 Å². The summed E-state index contributed by atoms with van der Waals surface area (Å²) >= 11 is 0. The largest absolute Gasteiger partial charge is 0.480 e. The Kier molecular flexibility index (Phi) is 4.24. The van der Waals surface area contributed by atoms with E-state index in [-0.39, 0.29) is 6.54 Å². The lowest BCUT2D eigenvalue weighted by atomic mass is 10.1. The molecule has 0 aliphatic heterocycles. The Bertz CT molecular complexity index is 462. The van der Waals surface area contributed by atoms with Crippen molar-refractivity contribution in [1.29, 1.82) is 0 Å². The van der Waals surface area contributed by atoms with Gasteiger partial charge in [0.15, 0.2) is 0 Å². The van der Waals surface area contributed by atoms with Gasteiger partial charge < -0.3 is 5.11 Å². The number of carbonyl (C=O) groups is 1. The van der Waals surface area contributed by atoms with E-state index in [9.17, 15) is 4.79 Å². The molecular formula is C14H23N3O2. The third kappa shape index (κ3) is 3.15. The zero-order chi connectivity index (χ0) is 14.0. The molecule has 1 N–H and O–H groups in total. The van der Waals surface area contributed by atoms with Crippen molar-refractivity contribution in [3.8, 4) is 0 Å². The van der Waals surface area contributed by atoms with Gasteiger partial charge in [-0.15, -0.1) is 0 Å². The van der Waals surface area contributed by atoms with Crippen LogP contribution in [0.15, 0.2) is 0 Å². The second-order valence-corrected chi connectivity index (χ2v) is 5.51. The third-order valence-electron chi connectivity index (χ3n) is 4.20. The fourth-order valence-electron chi connectivity index (χ4n) is 3.01. The van der Waals surface area contributed by atoms with Crippen molar-refractivity contribution in [2.24, 2.45) is 7.05 Å². The van der Waals surface area contributed by atoms with Crippen LogP contribution in [0.2, 0.25) is 0 Å². The zero-order valence-electron chi connectivity index (χ0n) is 12.0. The zero-order valence-corrected chi connectivity index (χ0v) is 12.0. The van der Waals surface area contributed by atoms with Gasteiger partial charge in [-0.05, 0) is 26.7 Å². The molecule has 5 heteroatoms. The average molecular weight is 265 g/mol. The first kappa shape index (κ1) is 14.1. The number of nitrogens with zero attached hydrogens (tertiary/aromatic N) is 3. The van der Waals surface area contributed by atoms with Gasteiger partial charge in [0, 0.05) is 30.9 Å². The minimum Gasteiger partial charge on any atom is -0.480 e. The minimum atomic E-state index is -0.744. The second kappa shape index (κ2) is 5.74. The van der Waals surface area contributed by atoms with Crippen molar-refractivity contribution >= 4 is 5.97 Å². The molecule has 1 aliphatic rings. The maximum atomic E-state index is 11.1. The topological polar surface area (TPSA) is 58.4 Å². The van der Waals surface area contributed by atoms with Crippen LogP contribution in [-0.2, 0) is 18.4 Å². The van der Waals surface area contributed by atoms with Gasteiger partial charge in [0.2, 0.25) is 0 Å². The van der Waals surface area contributed by atoms with Crippen molar-refractivity contribution < 1.29 is 9.90 Å². The Morgan fingerprint density at radius 3 is 2.53 bits per heavy atom. The summed E-state index contributed by atoms with van der Waals surface area (Å²) < 4.78 is 1.87. The summed E-state index contributed by atoms with van der Waals surface area (Å²) in [4.78, 5) is 13.2. The highest BCUT2D eigenvalue weighted by Crippen LogP contribution is 2.26. The van der Waals surface area contributed by atoms with E-state index in [1.54, 1.807) is 0 Å². The molecule has 0 amide bonds. The van der Waals surface area contributed by atoms with Crippen molar-refractivity contribution in [3.63, 3.8) is 0 Å². The first-order valence-electron chi connectivity index (χ1n) is 6.94. The molecule has 0 bridgehead atoms. The molecule has 0 aromatic carbocycles. The first-order valence-corrected chi connectivity index (χ1v) is 6.94. The number of aryl methyl sites for hydroxylation is 2.